The Labute approximate surface area is 184 Å². The van der Waals surface area contributed by atoms with Gasteiger partial charge in [-0.05, 0) is 38.0 Å². The van der Waals surface area contributed by atoms with Gasteiger partial charge in [0.2, 0.25) is 0 Å². The predicted octanol–water partition coefficient (Wildman–Crippen LogP) is 2.20. The SMILES string of the molecule is CCCN(C)c1nc(SCc2ccc(C(=O)N3CC[NH+](C)CC3)cc2)nc(C)c1C. The maximum Gasteiger partial charge on any atom is 0.254 e. The fourth-order valence-electron chi connectivity index (χ4n) is 3.63. The highest BCUT2D eigenvalue weighted by molar-refractivity contribution is 7.98. The van der Waals surface area contributed by atoms with E-state index in [-0.39, 0.29) is 5.91 Å². The molecule has 1 amide bonds. The summed E-state index contributed by atoms with van der Waals surface area (Å²) in [5.41, 5.74) is 4.11. The van der Waals surface area contributed by atoms with Crippen LogP contribution in [0.5, 0.6) is 0 Å². The molecule has 0 bridgehead atoms. The maximum absolute atomic E-state index is 12.7. The largest absolute Gasteiger partial charge is 0.359 e. The molecule has 1 aliphatic rings. The van der Waals surface area contributed by atoms with E-state index in [1.807, 2.05) is 36.1 Å². The Bertz CT molecular complexity index is 863. The molecular weight excluding hydrogens is 394 g/mol. The van der Waals surface area contributed by atoms with Crippen molar-refractivity contribution in [3.63, 3.8) is 0 Å². The molecule has 6 nitrogen and oxygen atoms in total. The van der Waals surface area contributed by atoms with Crippen LogP contribution in [-0.2, 0) is 5.75 Å². The molecule has 1 aliphatic heterocycles. The number of nitrogens with zero attached hydrogens (tertiary/aromatic N) is 4. The van der Waals surface area contributed by atoms with Gasteiger partial charge in [-0.25, -0.2) is 9.97 Å². The normalized spacial score (nSPS) is 14.8. The Hall–Kier alpha value is -2.12. The Morgan fingerprint density at radius 1 is 1.17 bits per heavy atom. The maximum atomic E-state index is 12.7. The number of nitrogens with one attached hydrogen (secondary N) is 1. The molecule has 1 saturated heterocycles. The van der Waals surface area contributed by atoms with Gasteiger partial charge in [0.1, 0.15) is 5.82 Å². The molecule has 2 aromatic rings. The number of carbonyl (C=O) groups excluding carboxylic acids is 1. The van der Waals surface area contributed by atoms with Gasteiger partial charge in [-0.1, -0.05) is 30.8 Å². The van der Waals surface area contributed by atoms with Gasteiger partial charge in [-0.15, -0.1) is 0 Å². The van der Waals surface area contributed by atoms with Crippen molar-refractivity contribution < 1.29 is 9.69 Å². The number of likely N-dealkylation sites (N-methyl/N-ethyl adjacent to an activating group) is 1. The van der Waals surface area contributed by atoms with Gasteiger partial charge >= 0.3 is 0 Å². The summed E-state index contributed by atoms with van der Waals surface area (Å²) >= 11 is 1.64. The highest BCUT2D eigenvalue weighted by atomic mass is 32.2. The van der Waals surface area contributed by atoms with Crippen LogP contribution in [-0.4, -0.2) is 67.6 Å². The summed E-state index contributed by atoms with van der Waals surface area (Å²) in [6.07, 6.45) is 1.09. The van der Waals surface area contributed by atoms with E-state index in [1.54, 1.807) is 11.8 Å². The Morgan fingerprint density at radius 3 is 2.47 bits per heavy atom. The van der Waals surface area contributed by atoms with Gasteiger partial charge in [0.15, 0.2) is 5.16 Å². The number of hydrogen-bond donors (Lipinski definition) is 1. The van der Waals surface area contributed by atoms with Gasteiger partial charge < -0.3 is 14.7 Å². The van der Waals surface area contributed by atoms with Gasteiger partial charge in [0, 0.05) is 36.2 Å². The first kappa shape index (κ1) is 22.6. The first-order chi connectivity index (χ1) is 14.4. The summed E-state index contributed by atoms with van der Waals surface area (Å²) in [4.78, 5) is 27.8. The summed E-state index contributed by atoms with van der Waals surface area (Å²) in [5, 5.41) is 0.802. The van der Waals surface area contributed by atoms with Crippen molar-refractivity contribution >= 4 is 23.5 Å². The summed E-state index contributed by atoms with van der Waals surface area (Å²) in [6, 6.07) is 8.00. The number of rotatable bonds is 7. The Morgan fingerprint density at radius 2 is 1.83 bits per heavy atom. The summed E-state index contributed by atoms with van der Waals surface area (Å²) < 4.78 is 0. The summed E-state index contributed by atoms with van der Waals surface area (Å²) in [6.45, 7) is 11.0. The third kappa shape index (κ3) is 5.52. The minimum Gasteiger partial charge on any atom is -0.359 e. The third-order valence-corrected chi connectivity index (χ3v) is 6.66. The molecule has 0 atom stereocenters. The number of hydrogen-bond acceptors (Lipinski definition) is 5. The number of carbonyl (C=O) groups is 1. The molecule has 0 aliphatic carbocycles. The van der Waals surface area contributed by atoms with E-state index in [4.69, 9.17) is 4.98 Å². The minimum atomic E-state index is 0.141. The van der Waals surface area contributed by atoms with E-state index in [0.717, 1.165) is 72.7 Å². The molecule has 0 saturated carbocycles. The van der Waals surface area contributed by atoms with Crippen molar-refractivity contribution in [1.29, 1.82) is 0 Å². The monoisotopic (exact) mass is 428 g/mol. The van der Waals surface area contributed by atoms with Crippen LogP contribution in [0.3, 0.4) is 0 Å². The molecule has 1 aromatic heterocycles. The molecule has 2 heterocycles. The van der Waals surface area contributed by atoms with Crippen LogP contribution in [0.25, 0.3) is 0 Å². The number of piperazine rings is 1. The number of thioether (sulfide) groups is 1. The second-order valence-corrected chi connectivity index (χ2v) is 9.14. The molecule has 1 aromatic carbocycles. The molecule has 1 fully saturated rings. The Balaban J connectivity index is 1.63. The van der Waals surface area contributed by atoms with E-state index in [0.29, 0.717) is 0 Å². The van der Waals surface area contributed by atoms with E-state index >= 15 is 0 Å². The van der Waals surface area contributed by atoms with Crippen LogP contribution in [0.4, 0.5) is 5.82 Å². The highest BCUT2D eigenvalue weighted by Gasteiger charge is 2.22. The molecule has 30 heavy (non-hydrogen) atoms. The first-order valence-corrected chi connectivity index (χ1v) is 11.8. The van der Waals surface area contributed by atoms with Gasteiger partial charge in [-0.3, -0.25) is 4.79 Å². The van der Waals surface area contributed by atoms with Crippen LogP contribution in [0.15, 0.2) is 29.4 Å². The third-order valence-electron chi connectivity index (χ3n) is 5.74. The lowest BCUT2D eigenvalue weighted by atomic mass is 10.1. The van der Waals surface area contributed by atoms with Crippen molar-refractivity contribution in [2.24, 2.45) is 0 Å². The fourth-order valence-corrected chi connectivity index (χ4v) is 4.47. The van der Waals surface area contributed by atoms with Gasteiger partial charge in [0.05, 0.1) is 33.2 Å². The minimum absolute atomic E-state index is 0.141. The van der Waals surface area contributed by atoms with Crippen molar-refractivity contribution in [2.45, 2.75) is 38.1 Å². The molecule has 0 spiro atoms. The number of anilines is 1. The first-order valence-electron chi connectivity index (χ1n) is 10.8. The van der Waals surface area contributed by atoms with Crippen LogP contribution in [0.2, 0.25) is 0 Å². The zero-order valence-corrected chi connectivity index (χ0v) is 19.7. The summed E-state index contributed by atoms with van der Waals surface area (Å²) in [7, 11) is 4.27. The van der Waals surface area contributed by atoms with E-state index in [2.05, 4.69) is 37.8 Å². The van der Waals surface area contributed by atoms with Crippen molar-refractivity contribution in [3.05, 3.63) is 46.6 Å². The van der Waals surface area contributed by atoms with E-state index in [1.165, 1.54) is 10.5 Å². The zero-order chi connectivity index (χ0) is 21.7. The Kier molecular flexibility index (Phi) is 7.72. The zero-order valence-electron chi connectivity index (χ0n) is 18.9. The van der Waals surface area contributed by atoms with Gasteiger partial charge in [0.25, 0.3) is 5.91 Å². The lowest BCUT2D eigenvalue weighted by Crippen LogP contribution is -3.12. The lowest BCUT2D eigenvalue weighted by Gasteiger charge is -2.30. The van der Waals surface area contributed by atoms with E-state index in [9.17, 15) is 4.79 Å². The van der Waals surface area contributed by atoms with Crippen LogP contribution in [0.1, 0.15) is 40.5 Å². The van der Waals surface area contributed by atoms with Crippen molar-refractivity contribution in [1.82, 2.24) is 14.9 Å². The van der Waals surface area contributed by atoms with Crippen molar-refractivity contribution in [3.8, 4) is 0 Å². The quantitative estimate of drug-likeness (QED) is 0.541. The average molecular weight is 429 g/mol. The fraction of sp³-hybridized carbons (Fsp3) is 0.522. The second kappa shape index (κ2) is 10.3. The number of amides is 1. The molecule has 7 heteroatoms. The number of aryl methyl sites for hydroxylation is 1. The smallest absolute Gasteiger partial charge is 0.254 e. The molecule has 162 valence electrons. The second-order valence-electron chi connectivity index (χ2n) is 8.20. The van der Waals surface area contributed by atoms with Crippen molar-refractivity contribution in [2.75, 3.05) is 51.7 Å². The number of benzene rings is 1. The highest BCUT2D eigenvalue weighted by Crippen LogP contribution is 2.26. The lowest BCUT2D eigenvalue weighted by molar-refractivity contribution is -0.883. The molecule has 3 rings (SSSR count). The average Bonchev–Trinajstić information content (AvgIpc) is 2.75. The molecule has 0 unspecified atom stereocenters. The molecule has 0 radical (unpaired) electrons. The standard InChI is InChI=1S/C23H33N5OS/c1-6-11-27(5)21-17(2)18(3)24-23(25-21)30-16-19-7-9-20(10-8-19)22(29)28-14-12-26(4)13-15-28/h7-10H,6,11-16H2,1-5H3/p+1. The van der Waals surface area contributed by atoms with E-state index < -0.39 is 0 Å². The molecular formula is C23H34N5OS+. The summed E-state index contributed by atoms with van der Waals surface area (Å²) in [5.74, 6) is 1.94. The van der Waals surface area contributed by atoms with Gasteiger partial charge in [-0.2, -0.15) is 0 Å². The topological polar surface area (TPSA) is 53.8 Å². The number of quaternary nitrogens is 1. The number of aromatic nitrogens is 2. The molecule has 1 N–H and O–H groups in total. The van der Waals surface area contributed by atoms with Crippen LogP contribution >= 0.6 is 11.8 Å². The van der Waals surface area contributed by atoms with Crippen LogP contribution < -0.4 is 9.80 Å². The van der Waals surface area contributed by atoms with Crippen LogP contribution in [0, 0.1) is 13.8 Å². The predicted molar refractivity (Wildman–Crippen MR) is 124 cm³/mol.